The summed E-state index contributed by atoms with van der Waals surface area (Å²) < 4.78 is 34.1. The number of ether oxygens (including phenoxy) is 1. The molecule has 0 aliphatic heterocycles. The van der Waals surface area contributed by atoms with E-state index in [9.17, 15) is 8.42 Å². The number of benzene rings is 2. The summed E-state index contributed by atoms with van der Waals surface area (Å²) in [4.78, 5) is 4.53. The average Bonchev–Trinajstić information content (AvgIpc) is 3.06. The van der Waals surface area contributed by atoms with Gasteiger partial charge in [-0.25, -0.2) is 8.42 Å². The van der Waals surface area contributed by atoms with Gasteiger partial charge in [0.2, 0.25) is 9.84 Å². The van der Waals surface area contributed by atoms with Crippen LogP contribution < -0.4 is 10.5 Å². The zero-order valence-corrected chi connectivity index (χ0v) is 18.2. The molecule has 158 valence electrons. The lowest BCUT2D eigenvalue weighted by Crippen LogP contribution is -2.09. The van der Waals surface area contributed by atoms with Gasteiger partial charge in [0, 0.05) is 29.9 Å². The third-order valence-corrected chi connectivity index (χ3v) is 7.10. The van der Waals surface area contributed by atoms with E-state index in [2.05, 4.69) is 11.6 Å². The molecule has 0 saturated carbocycles. The second kappa shape index (κ2) is 7.92. The molecule has 0 bridgehead atoms. The third-order valence-electron chi connectivity index (χ3n) is 5.24. The number of aromatic nitrogens is 2. The van der Waals surface area contributed by atoms with Gasteiger partial charge in [0.15, 0.2) is 0 Å². The molecule has 4 rings (SSSR count). The van der Waals surface area contributed by atoms with Crippen molar-refractivity contribution in [2.24, 2.45) is 0 Å². The molecule has 0 amide bonds. The fourth-order valence-corrected chi connectivity index (χ4v) is 5.26. The highest BCUT2D eigenvalue weighted by atomic mass is 32.2. The van der Waals surface area contributed by atoms with E-state index in [1.807, 2.05) is 35.8 Å². The van der Waals surface area contributed by atoms with E-state index >= 15 is 0 Å². The van der Waals surface area contributed by atoms with Gasteiger partial charge >= 0.3 is 0 Å². The van der Waals surface area contributed by atoms with Gasteiger partial charge in [-0.05, 0) is 42.3 Å². The first-order chi connectivity index (χ1) is 14.8. The number of pyridine rings is 1. The molecule has 0 aliphatic rings. The zero-order chi connectivity index (χ0) is 22.2. The van der Waals surface area contributed by atoms with E-state index in [1.165, 1.54) is 0 Å². The molecule has 7 heteroatoms. The molecule has 0 aliphatic carbocycles. The quantitative estimate of drug-likeness (QED) is 0.482. The van der Waals surface area contributed by atoms with E-state index in [4.69, 9.17) is 10.5 Å². The van der Waals surface area contributed by atoms with E-state index in [-0.39, 0.29) is 15.6 Å². The van der Waals surface area contributed by atoms with Gasteiger partial charge < -0.3 is 15.0 Å². The molecular formula is C24H23N3O3S. The molecule has 0 spiro atoms. The molecule has 6 nitrogen and oxygen atoms in total. The monoisotopic (exact) mass is 433 g/mol. The largest absolute Gasteiger partial charge is 0.497 e. The Morgan fingerprint density at radius 3 is 2.39 bits per heavy atom. The molecule has 31 heavy (non-hydrogen) atoms. The van der Waals surface area contributed by atoms with Crippen LogP contribution in [0.1, 0.15) is 18.1 Å². The molecule has 2 N–H and O–H groups in total. The summed E-state index contributed by atoms with van der Waals surface area (Å²) >= 11 is 0. The summed E-state index contributed by atoms with van der Waals surface area (Å²) in [6.45, 7) is 6.30. The number of nitrogens with zero attached hydrogens (tertiary/aromatic N) is 2. The Balaban J connectivity index is 1.99. The minimum absolute atomic E-state index is 0.0674. The number of rotatable bonds is 6. The average molecular weight is 434 g/mol. The molecule has 4 aromatic rings. The number of nitrogens with two attached hydrogens (primary N) is 1. The Hall–Kier alpha value is -3.58. The SMILES string of the molecule is C=C(C)c1cncc2c(S(=O)(=O)c3ccccc3)c(N)n(Cc3ccc(OC)cc3)c12. The van der Waals surface area contributed by atoms with Gasteiger partial charge in [-0.15, -0.1) is 0 Å². The molecule has 0 saturated heterocycles. The summed E-state index contributed by atoms with van der Waals surface area (Å²) in [5, 5.41) is 0.482. The van der Waals surface area contributed by atoms with E-state index < -0.39 is 9.84 Å². The Bertz CT molecular complexity index is 1370. The van der Waals surface area contributed by atoms with Crippen LogP contribution in [0.25, 0.3) is 16.5 Å². The van der Waals surface area contributed by atoms with Gasteiger partial charge in [-0.3, -0.25) is 4.98 Å². The first-order valence-electron chi connectivity index (χ1n) is 9.69. The molecule has 2 aromatic carbocycles. The van der Waals surface area contributed by atoms with Crippen molar-refractivity contribution in [3.05, 3.63) is 84.7 Å². The minimum Gasteiger partial charge on any atom is -0.497 e. The van der Waals surface area contributed by atoms with Crippen LogP contribution in [0, 0.1) is 0 Å². The maximum atomic E-state index is 13.5. The Kier molecular flexibility index (Phi) is 5.29. The van der Waals surface area contributed by atoms with Gasteiger partial charge in [0.05, 0.1) is 17.5 Å². The number of allylic oxidation sites excluding steroid dienone is 1. The van der Waals surface area contributed by atoms with Gasteiger partial charge in [-0.1, -0.05) is 36.9 Å². The lowest BCUT2D eigenvalue weighted by Gasteiger charge is -2.12. The normalized spacial score (nSPS) is 11.5. The van der Waals surface area contributed by atoms with Crippen LogP contribution in [0.15, 0.2) is 83.4 Å². The number of methoxy groups -OCH3 is 1. The van der Waals surface area contributed by atoms with Crippen LogP contribution in [-0.2, 0) is 16.4 Å². The summed E-state index contributed by atoms with van der Waals surface area (Å²) in [6, 6.07) is 15.9. The van der Waals surface area contributed by atoms with Gasteiger partial charge in [0.25, 0.3) is 0 Å². The molecular weight excluding hydrogens is 410 g/mol. The number of sulfone groups is 1. The second-order valence-electron chi connectivity index (χ2n) is 7.33. The van der Waals surface area contributed by atoms with Crippen molar-refractivity contribution in [2.45, 2.75) is 23.3 Å². The summed E-state index contributed by atoms with van der Waals surface area (Å²) in [6.07, 6.45) is 3.24. The predicted octanol–water partition coefficient (Wildman–Crippen LogP) is 4.54. The van der Waals surface area contributed by atoms with Crippen molar-refractivity contribution in [2.75, 3.05) is 12.8 Å². The van der Waals surface area contributed by atoms with Gasteiger partial charge in [0.1, 0.15) is 16.5 Å². The third kappa shape index (κ3) is 3.57. The molecule has 0 radical (unpaired) electrons. The van der Waals surface area contributed by atoms with E-state index in [0.717, 1.165) is 22.4 Å². The first-order valence-corrected chi connectivity index (χ1v) is 11.2. The fraction of sp³-hybridized carbons (Fsp3) is 0.125. The predicted molar refractivity (Wildman–Crippen MR) is 123 cm³/mol. The summed E-state index contributed by atoms with van der Waals surface area (Å²) in [5.41, 5.74) is 9.70. The standard InChI is InChI=1S/C24H23N3O3S/c1-16(2)20-13-26-14-21-22(20)27(15-17-9-11-18(30-3)12-10-17)24(25)23(21)31(28,29)19-7-5-4-6-8-19/h4-14H,1,15,25H2,2-3H3. The Morgan fingerprint density at radius 1 is 1.10 bits per heavy atom. The van der Waals surface area contributed by atoms with E-state index in [1.54, 1.807) is 49.8 Å². The first kappa shape index (κ1) is 20.7. The van der Waals surface area contributed by atoms with Crippen LogP contribution in [0.3, 0.4) is 0 Å². The van der Waals surface area contributed by atoms with Crippen molar-refractivity contribution in [1.29, 1.82) is 0 Å². The van der Waals surface area contributed by atoms with Crippen molar-refractivity contribution in [1.82, 2.24) is 9.55 Å². The van der Waals surface area contributed by atoms with E-state index in [0.29, 0.717) is 17.4 Å². The highest BCUT2D eigenvalue weighted by Crippen LogP contribution is 2.38. The highest BCUT2D eigenvalue weighted by molar-refractivity contribution is 7.92. The van der Waals surface area contributed by atoms with Crippen LogP contribution in [0.5, 0.6) is 5.75 Å². The number of nitrogen functional groups attached to an aromatic ring is 1. The molecule has 0 atom stereocenters. The van der Waals surface area contributed by atoms with Gasteiger partial charge in [-0.2, -0.15) is 0 Å². The van der Waals surface area contributed by atoms with Crippen molar-refractivity contribution < 1.29 is 13.2 Å². The Labute approximate surface area is 181 Å². The lowest BCUT2D eigenvalue weighted by molar-refractivity contribution is 0.414. The number of hydrogen-bond donors (Lipinski definition) is 1. The maximum Gasteiger partial charge on any atom is 0.210 e. The minimum atomic E-state index is -3.86. The van der Waals surface area contributed by atoms with Crippen LogP contribution in [-0.4, -0.2) is 25.1 Å². The molecule has 2 aromatic heterocycles. The van der Waals surface area contributed by atoms with Crippen LogP contribution in [0.4, 0.5) is 5.82 Å². The fourth-order valence-electron chi connectivity index (χ4n) is 3.68. The molecule has 2 heterocycles. The topological polar surface area (TPSA) is 87.2 Å². The number of hydrogen-bond acceptors (Lipinski definition) is 5. The maximum absolute atomic E-state index is 13.5. The summed E-state index contributed by atoms with van der Waals surface area (Å²) in [7, 11) is -2.25. The summed E-state index contributed by atoms with van der Waals surface area (Å²) in [5.74, 6) is 0.915. The highest BCUT2D eigenvalue weighted by Gasteiger charge is 2.29. The Morgan fingerprint density at radius 2 is 1.77 bits per heavy atom. The number of anilines is 1. The number of fused-ring (bicyclic) bond motifs is 1. The van der Waals surface area contributed by atoms with Crippen molar-refractivity contribution in [3.63, 3.8) is 0 Å². The second-order valence-corrected chi connectivity index (χ2v) is 9.22. The smallest absolute Gasteiger partial charge is 0.210 e. The molecule has 0 fully saturated rings. The van der Waals surface area contributed by atoms with Crippen LogP contribution in [0.2, 0.25) is 0 Å². The van der Waals surface area contributed by atoms with Crippen molar-refractivity contribution in [3.8, 4) is 5.75 Å². The van der Waals surface area contributed by atoms with Crippen LogP contribution >= 0.6 is 0 Å². The van der Waals surface area contributed by atoms with Crippen molar-refractivity contribution >= 4 is 32.1 Å². The molecule has 0 unspecified atom stereocenters. The zero-order valence-electron chi connectivity index (χ0n) is 17.4. The lowest BCUT2D eigenvalue weighted by atomic mass is 10.1.